The van der Waals surface area contributed by atoms with E-state index in [0.29, 0.717) is 17.9 Å². The Morgan fingerprint density at radius 1 is 1.33 bits per heavy atom. The minimum Gasteiger partial charge on any atom is -0.381 e. The quantitative estimate of drug-likeness (QED) is 0.894. The Morgan fingerprint density at radius 3 is 2.61 bits per heavy atom. The van der Waals surface area contributed by atoms with Gasteiger partial charge >= 0.3 is 0 Å². The second kappa shape index (κ2) is 5.85. The molecule has 0 saturated carbocycles. The lowest BCUT2D eigenvalue weighted by Crippen LogP contribution is -2.27. The van der Waals surface area contributed by atoms with Gasteiger partial charge in [0.25, 0.3) is 0 Å². The number of ether oxygens (including phenoxy) is 1. The fourth-order valence-corrected chi connectivity index (χ4v) is 2.68. The van der Waals surface area contributed by atoms with Crippen LogP contribution in [-0.4, -0.2) is 22.8 Å². The van der Waals surface area contributed by atoms with Crippen molar-refractivity contribution in [3.8, 4) is 0 Å². The first-order valence-corrected chi connectivity index (χ1v) is 6.96. The molecule has 1 saturated heterocycles. The third-order valence-electron chi connectivity index (χ3n) is 4.14. The van der Waals surface area contributed by atoms with Crippen LogP contribution in [0.25, 0.3) is 0 Å². The van der Waals surface area contributed by atoms with Crippen molar-refractivity contribution >= 4 is 0 Å². The van der Waals surface area contributed by atoms with Crippen LogP contribution < -0.4 is 5.73 Å². The van der Waals surface area contributed by atoms with Crippen molar-refractivity contribution in [1.82, 2.24) is 9.55 Å². The maximum atomic E-state index is 6.26. The minimum absolute atomic E-state index is 0.0646. The van der Waals surface area contributed by atoms with Crippen LogP contribution in [0.3, 0.4) is 0 Å². The van der Waals surface area contributed by atoms with E-state index in [1.54, 1.807) is 0 Å². The smallest absolute Gasteiger partial charge is 0.0951 e. The summed E-state index contributed by atoms with van der Waals surface area (Å²) in [5, 5.41) is 0. The van der Waals surface area contributed by atoms with Gasteiger partial charge in [-0.3, -0.25) is 0 Å². The van der Waals surface area contributed by atoms with Gasteiger partial charge in [-0.25, -0.2) is 4.98 Å². The highest BCUT2D eigenvalue weighted by atomic mass is 16.5. The molecule has 2 heterocycles. The Kier molecular flexibility index (Phi) is 4.40. The second-order valence-corrected chi connectivity index (χ2v) is 5.69. The van der Waals surface area contributed by atoms with Gasteiger partial charge in [-0.05, 0) is 31.6 Å². The van der Waals surface area contributed by atoms with E-state index in [0.717, 1.165) is 31.7 Å². The number of imidazole rings is 1. The van der Waals surface area contributed by atoms with E-state index in [4.69, 9.17) is 10.5 Å². The van der Waals surface area contributed by atoms with Crippen molar-refractivity contribution in [3.05, 3.63) is 18.2 Å². The Labute approximate surface area is 110 Å². The van der Waals surface area contributed by atoms with Crippen LogP contribution in [0.5, 0.6) is 0 Å². The van der Waals surface area contributed by atoms with Gasteiger partial charge in [-0.1, -0.05) is 13.8 Å². The first-order chi connectivity index (χ1) is 8.61. The zero-order chi connectivity index (χ0) is 13.1. The van der Waals surface area contributed by atoms with E-state index < -0.39 is 0 Å². The zero-order valence-corrected chi connectivity index (χ0v) is 11.7. The van der Waals surface area contributed by atoms with Crippen molar-refractivity contribution in [1.29, 1.82) is 0 Å². The standard InChI is InChI=1S/C14H25N3O/c1-10(2)14(15)13-8-16-9-17(13)11(3)12-4-6-18-7-5-12/h8-12,14H,4-7,15H2,1-3H3. The van der Waals surface area contributed by atoms with Crippen molar-refractivity contribution in [2.75, 3.05) is 13.2 Å². The highest BCUT2D eigenvalue weighted by molar-refractivity contribution is 5.07. The van der Waals surface area contributed by atoms with E-state index in [1.807, 2.05) is 12.5 Å². The average Bonchev–Trinajstić information content (AvgIpc) is 2.87. The molecule has 1 aliphatic rings. The van der Waals surface area contributed by atoms with Crippen LogP contribution in [0.4, 0.5) is 0 Å². The molecule has 2 N–H and O–H groups in total. The maximum absolute atomic E-state index is 6.26. The molecule has 2 rings (SSSR count). The summed E-state index contributed by atoms with van der Waals surface area (Å²) in [5.41, 5.74) is 7.42. The molecule has 4 nitrogen and oxygen atoms in total. The van der Waals surface area contributed by atoms with Gasteiger partial charge in [0.2, 0.25) is 0 Å². The average molecular weight is 251 g/mol. The first-order valence-electron chi connectivity index (χ1n) is 6.96. The molecular formula is C14H25N3O. The third kappa shape index (κ3) is 2.75. The zero-order valence-electron chi connectivity index (χ0n) is 11.7. The number of nitrogens with two attached hydrogens (primary N) is 1. The number of hydrogen-bond acceptors (Lipinski definition) is 3. The molecule has 1 fully saturated rings. The Morgan fingerprint density at radius 2 is 2.00 bits per heavy atom. The summed E-state index contributed by atoms with van der Waals surface area (Å²) in [6, 6.07) is 0.519. The summed E-state index contributed by atoms with van der Waals surface area (Å²) in [4.78, 5) is 4.29. The molecule has 0 amide bonds. The van der Waals surface area contributed by atoms with Crippen molar-refractivity contribution < 1.29 is 4.74 Å². The van der Waals surface area contributed by atoms with Gasteiger partial charge in [0.05, 0.1) is 12.0 Å². The number of rotatable bonds is 4. The molecule has 1 aliphatic heterocycles. The molecule has 0 radical (unpaired) electrons. The van der Waals surface area contributed by atoms with Gasteiger partial charge < -0.3 is 15.0 Å². The number of aromatic nitrogens is 2. The SMILES string of the molecule is CC(C)C(N)c1cncn1C(C)C1CCOCC1. The monoisotopic (exact) mass is 251 g/mol. The third-order valence-corrected chi connectivity index (χ3v) is 4.14. The summed E-state index contributed by atoms with van der Waals surface area (Å²) in [6.07, 6.45) is 6.11. The molecule has 2 unspecified atom stereocenters. The van der Waals surface area contributed by atoms with E-state index in [9.17, 15) is 0 Å². The largest absolute Gasteiger partial charge is 0.381 e. The first kappa shape index (κ1) is 13.6. The van der Waals surface area contributed by atoms with Gasteiger partial charge in [-0.15, -0.1) is 0 Å². The molecule has 0 bridgehead atoms. The molecule has 1 aromatic rings. The Hall–Kier alpha value is -0.870. The maximum Gasteiger partial charge on any atom is 0.0951 e. The Bertz CT molecular complexity index is 369. The summed E-state index contributed by atoms with van der Waals surface area (Å²) >= 11 is 0. The molecule has 0 aliphatic carbocycles. The van der Waals surface area contributed by atoms with E-state index >= 15 is 0 Å². The molecule has 4 heteroatoms. The van der Waals surface area contributed by atoms with Crippen molar-refractivity contribution in [3.63, 3.8) is 0 Å². The van der Waals surface area contributed by atoms with E-state index in [1.165, 1.54) is 0 Å². The van der Waals surface area contributed by atoms with E-state index in [-0.39, 0.29) is 6.04 Å². The molecule has 2 atom stereocenters. The summed E-state index contributed by atoms with van der Waals surface area (Å²) < 4.78 is 7.70. The fraction of sp³-hybridized carbons (Fsp3) is 0.786. The Balaban J connectivity index is 2.14. The summed E-state index contributed by atoms with van der Waals surface area (Å²) in [6.45, 7) is 8.35. The molecule has 0 spiro atoms. The fourth-order valence-electron chi connectivity index (χ4n) is 2.68. The second-order valence-electron chi connectivity index (χ2n) is 5.69. The van der Waals surface area contributed by atoms with Gasteiger partial charge in [0, 0.05) is 31.5 Å². The minimum atomic E-state index is 0.0646. The normalized spacial score (nSPS) is 21.2. The predicted octanol–water partition coefficient (Wildman–Crippen LogP) is 2.53. The highest BCUT2D eigenvalue weighted by Gasteiger charge is 2.25. The molecule has 0 aromatic carbocycles. The lowest BCUT2D eigenvalue weighted by molar-refractivity contribution is 0.0507. The predicted molar refractivity (Wildman–Crippen MR) is 72.2 cm³/mol. The summed E-state index contributed by atoms with van der Waals surface area (Å²) in [7, 11) is 0. The van der Waals surface area contributed by atoms with Crippen LogP contribution in [-0.2, 0) is 4.74 Å². The molecule has 1 aromatic heterocycles. The van der Waals surface area contributed by atoms with E-state index in [2.05, 4.69) is 30.3 Å². The summed E-state index contributed by atoms with van der Waals surface area (Å²) in [5.74, 6) is 1.11. The number of nitrogens with zero attached hydrogens (tertiary/aromatic N) is 2. The molecule has 102 valence electrons. The van der Waals surface area contributed by atoms with Crippen LogP contribution in [0.2, 0.25) is 0 Å². The van der Waals surface area contributed by atoms with Crippen LogP contribution in [0.15, 0.2) is 12.5 Å². The highest BCUT2D eigenvalue weighted by Crippen LogP contribution is 2.30. The van der Waals surface area contributed by atoms with Crippen molar-refractivity contribution in [2.24, 2.45) is 17.6 Å². The van der Waals surface area contributed by atoms with Gasteiger partial charge in [0.15, 0.2) is 0 Å². The van der Waals surface area contributed by atoms with Crippen LogP contribution in [0.1, 0.15) is 51.4 Å². The van der Waals surface area contributed by atoms with Crippen LogP contribution >= 0.6 is 0 Å². The van der Waals surface area contributed by atoms with Crippen molar-refractivity contribution in [2.45, 2.75) is 45.7 Å². The topological polar surface area (TPSA) is 53.1 Å². The van der Waals surface area contributed by atoms with Crippen LogP contribution in [0, 0.1) is 11.8 Å². The van der Waals surface area contributed by atoms with Gasteiger partial charge in [-0.2, -0.15) is 0 Å². The lowest BCUT2D eigenvalue weighted by atomic mass is 9.92. The number of hydrogen-bond donors (Lipinski definition) is 1. The molecule has 18 heavy (non-hydrogen) atoms. The van der Waals surface area contributed by atoms with Gasteiger partial charge in [0.1, 0.15) is 0 Å². The lowest BCUT2D eigenvalue weighted by Gasteiger charge is -2.31. The molecular weight excluding hydrogens is 226 g/mol.